The SMILES string of the molecule is CC(C)C[C@@H](C(=O)NCC(=O)NC(=O)OC(C)(C)C)N(C)C(=O)[C@@H]1CCCN1. The van der Waals surface area contributed by atoms with Crippen LogP contribution in [-0.4, -0.2) is 66.5 Å². The molecular weight excluding hydrogens is 364 g/mol. The lowest BCUT2D eigenvalue weighted by Crippen LogP contribution is -2.54. The molecule has 9 nitrogen and oxygen atoms in total. The normalized spacial score (nSPS) is 17.8. The van der Waals surface area contributed by atoms with Crippen LogP contribution >= 0.6 is 0 Å². The van der Waals surface area contributed by atoms with Gasteiger partial charge in [-0.25, -0.2) is 4.79 Å². The van der Waals surface area contributed by atoms with Crippen LogP contribution in [0, 0.1) is 5.92 Å². The summed E-state index contributed by atoms with van der Waals surface area (Å²) >= 11 is 0. The topological polar surface area (TPSA) is 117 Å². The van der Waals surface area contributed by atoms with Crippen LogP contribution in [0.4, 0.5) is 4.79 Å². The van der Waals surface area contributed by atoms with Crippen molar-refractivity contribution in [3.8, 4) is 0 Å². The minimum absolute atomic E-state index is 0.128. The van der Waals surface area contributed by atoms with Gasteiger partial charge >= 0.3 is 6.09 Å². The summed E-state index contributed by atoms with van der Waals surface area (Å²) in [5, 5.41) is 7.71. The van der Waals surface area contributed by atoms with Gasteiger partial charge < -0.3 is 20.3 Å². The second-order valence-corrected chi connectivity index (χ2v) is 8.51. The molecule has 1 rings (SSSR count). The Morgan fingerprint density at radius 3 is 2.36 bits per heavy atom. The second-order valence-electron chi connectivity index (χ2n) is 8.51. The van der Waals surface area contributed by atoms with Crippen molar-refractivity contribution in [2.45, 2.75) is 71.6 Å². The zero-order chi connectivity index (χ0) is 21.5. The first-order valence-corrected chi connectivity index (χ1v) is 9.71. The van der Waals surface area contributed by atoms with Gasteiger partial charge in [0.25, 0.3) is 0 Å². The molecule has 28 heavy (non-hydrogen) atoms. The third kappa shape index (κ3) is 8.24. The van der Waals surface area contributed by atoms with Crippen LogP contribution in [0.15, 0.2) is 0 Å². The van der Waals surface area contributed by atoms with E-state index in [2.05, 4.69) is 16.0 Å². The van der Waals surface area contributed by atoms with Crippen molar-refractivity contribution in [1.82, 2.24) is 20.9 Å². The number of carbonyl (C=O) groups is 4. The Hall–Kier alpha value is -2.16. The van der Waals surface area contributed by atoms with Crippen molar-refractivity contribution in [1.29, 1.82) is 0 Å². The molecule has 0 aromatic heterocycles. The summed E-state index contributed by atoms with van der Waals surface area (Å²) < 4.78 is 5.00. The van der Waals surface area contributed by atoms with Crippen molar-refractivity contribution in [2.75, 3.05) is 20.1 Å². The van der Waals surface area contributed by atoms with E-state index in [-0.39, 0.29) is 24.4 Å². The number of alkyl carbamates (subject to hydrolysis) is 1. The Balaban J connectivity index is 2.62. The number of imide groups is 1. The molecule has 0 unspecified atom stereocenters. The highest BCUT2D eigenvalue weighted by Crippen LogP contribution is 2.15. The second kappa shape index (κ2) is 10.4. The van der Waals surface area contributed by atoms with Crippen molar-refractivity contribution >= 4 is 23.8 Å². The molecule has 1 aliphatic heterocycles. The van der Waals surface area contributed by atoms with Gasteiger partial charge in [-0.3, -0.25) is 19.7 Å². The van der Waals surface area contributed by atoms with Gasteiger partial charge in [-0.15, -0.1) is 0 Å². The Kier molecular flexibility index (Phi) is 8.87. The predicted octanol–water partition coefficient (Wildman–Crippen LogP) is 0.779. The maximum atomic E-state index is 12.6. The average molecular weight is 399 g/mol. The summed E-state index contributed by atoms with van der Waals surface area (Å²) in [6, 6.07) is -0.966. The first kappa shape index (κ1) is 23.9. The summed E-state index contributed by atoms with van der Waals surface area (Å²) in [4.78, 5) is 50.2. The number of rotatable bonds is 7. The third-order valence-corrected chi connectivity index (χ3v) is 4.23. The first-order chi connectivity index (χ1) is 12.9. The monoisotopic (exact) mass is 398 g/mol. The molecule has 1 saturated heterocycles. The van der Waals surface area contributed by atoms with Crippen LogP contribution in [0.5, 0.6) is 0 Å². The number of hydrogen-bond acceptors (Lipinski definition) is 6. The predicted molar refractivity (Wildman–Crippen MR) is 104 cm³/mol. The zero-order valence-electron chi connectivity index (χ0n) is 17.8. The van der Waals surface area contributed by atoms with E-state index in [1.807, 2.05) is 13.8 Å². The van der Waals surface area contributed by atoms with Crippen LogP contribution in [0.3, 0.4) is 0 Å². The Morgan fingerprint density at radius 1 is 1.21 bits per heavy atom. The zero-order valence-corrected chi connectivity index (χ0v) is 17.8. The maximum absolute atomic E-state index is 12.6. The quantitative estimate of drug-likeness (QED) is 0.583. The third-order valence-electron chi connectivity index (χ3n) is 4.23. The minimum Gasteiger partial charge on any atom is -0.444 e. The molecule has 9 heteroatoms. The number of ether oxygens (including phenoxy) is 1. The van der Waals surface area contributed by atoms with Gasteiger partial charge in [0.1, 0.15) is 11.6 Å². The van der Waals surface area contributed by atoms with Gasteiger partial charge in [0.05, 0.1) is 12.6 Å². The molecule has 1 heterocycles. The van der Waals surface area contributed by atoms with Gasteiger partial charge in [-0.1, -0.05) is 13.8 Å². The molecule has 1 fully saturated rings. The first-order valence-electron chi connectivity index (χ1n) is 9.71. The maximum Gasteiger partial charge on any atom is 0.414 e. The minimum atomic E-state index is -0.870. The van der Waals surface area contributed by atoms with E-state index >= 15 is 0 Å². The summed E-state index contributed by atoms with van der Waals surface area (Å²) in [6.07, 6.45) is 1.27. The van der Waals surface area contributed by atoms with Gasteiger partial charge in [0.2, 0.25) is 17.7 Å². The number of nitrogens with one attached hydrogen (secondary N) is 3. The number of nitrogens with zero attached hydrogens (tertiary/aromatic N) is 1. The number of likely N-dealkylation sites (N-methyl/N-ethyl adjacent to an activating group) is 1. The van der Waals surface area contributed by atoms with E-state index in [9.17, 15) is 19.2 Å². The van der Waals surface area contributed by atoms with Crippen molar-refractivity contribution in [3.63, 3.8) is 0 Å². The molecule has 0 saturated carbocycles. The molecule has 0 aromatic rings. The van der Waals surface area contributed by atoms with Crippen LogP contribution in [0.25, 0.3) is 0 Å². The van der Waals surface area contributed by atoms with E-state index < -0.39 is 29.6 Å². The average Bonchev–Trinajstić information content (AvgIpc) is 3.08. The van der Waals surface area contributed by atoms with E-state index in [4.69, 9.17) is 4.74 Å². The highest BCUT2D eigenvalue weighted by Gasteiger charge is 2.33. The van der Waals surface area contributed by atoms with Crippen LogP contribution in [0.1, 0.15) is 53.9 Å². The summed E-state index contributed by atoms with van der Waals surface area (Å²) in [7, 11) is 1.61. The fraction of sp³-hybridized carbons (Fsp3) is 0.789. The molecule has 3 N–H and O–H groups in total. The molecule has 0 radical (unpaired) electrons. The van der Waals surface area contributed by atoms with Gasteiger partial charge in [0.15, 0.2) is 0 Å². The van der Waals surface area contributed by atoms with Crippen molar-refractivity contribution in [3.05, 3.63) is 0 Å². The highest BCUT2D eigenvalue weighted by molar-refractivity contribution is 5.96. The van der Waals surface area contributed by atoms with E-state index in [0.717, 1.165) is 19.4 Å². The van der Waals surface area contributed by atoms with Gasteiger partial charge in [-0.05, 0) is 52.5 Å². The Morgan fingerprint density at radius 2 is 1.86 bits per heavy atom. The smallest absolute Gasteiger partial charge is 0.414 e. The Labute approximate surface area is 166 Å². The molecule has 160 valence electrons. The lowest BCUT2D eigenvalue weighted by molar-refractivity contribution is -0.141. The van der Waals surface area contributed by atoms with Crippen molar-refractivity contribution < 1.29 is 23.9 Å². The molecule has 1 aliphatic rings. The lowest BCUT2D eigenvalue weighted by Gasteiger charge is -2.30. The standard InChI is InChI=1S/C19H34N4O5/c1-12(2)10-14(23(6)17(26)13-8-7-9-20-13)16(25)21-11-15(24)22-18(27)28-19(3,4)5/h12-14,20H,7-11H2,1-6H3,(H,21,25)(H,22,24,27)/t13-,14-/m0/s1. The lowest BCUT2D eigenvalue weighted by atomic mass is 10.0. The molecule has 0 bridgehead atoms. The largest absolute Gasteiger partial charge is 0.444 e. The number of amides is 4. The fourth-order valence-corrected chi connectivity index (χ4v) is 2.93. The molecule has 2 atom stereocenters. The van der Waals surface area contributed by atoms with Crippen molar-refractivity contribution in [2.24, 2.45) is 5.92 Å². The highest BCUT2D eigenvalue weighted by atomic mass is 16.6. The van der Waals surface area contributed by atoms with Gasteiger partial charge in [-0.2, -0.15) is 0 Å². The summed E-state index contributed by atoms with van der Waals surface area (Å²) in [5.41, 5.74) is -0.729. The van der Waals surface area contributed by atoms with E-state index in [1.165, 1.54) is 4.90 Å². The molecular formula is C19H34N4O5. The van der Waals surface area contributed by atoms with Crippen LogP contribution < -0.4 is 16.0 Å². The van der Waals surface area contributed by atoms with Crippen LogP contribution in [-0.2, 0) is 19.1 Å². The fourth-order valence-electron chi connectivity index (χ4n) is 2.93. The molecule has 0 aromatic carbocycles. The number of carbonyl (C=O) groups excluding carboxylic acids is 4. The molecule has 4 amide bonds. The molecule has 0 spiro atoms. The molecule has 0 aliphatic carbocycles. The van der Waals surface area contributed by atoms with E-state index in [1.54, 1.807) is 27.8 Å². The number of hydrogen-bond donors (Lipinski definition) is 3. The van der Waals surface area contributed by atoms with E-state index in [0.29, 0.717) is 6.42 Å². The van der Waals surface area contributed by atoms with Crippen LogP contribution in [0.2, 0.25) is 0 Å². The van der Waals surface area contributed by atoms with Gasteiger partial charge in [0, 0.05) is 7.05 Å². The summed E-state index contributed by atoms with van der Waals surface area (Å²) in [6.45, 7) is 9.37. The Bertz CT molecular complexity index is 579. The summed E-state index contributed by atoms with van der Waals surface area (Å²) in [5.74, 6) is -1.06.